The molecule has 2 bridgehead atoms. The van der Waals surface area contributed by atoms with Crippen molar-refractivity contribution < 1.29 is 19.1 Å². The van der Waals surface area contributed by atoms with E-state index in [0.717, 1.165) is 83.0 Å². The van der Waals surface area contributed by atoms with Crippen LogP contribution in [0.15, 0.2) is 79.6 Å². The number of carbonyl (C=O) groups is 3. The lowest BCUT2D eigenvalue weighted by atomic mass is 9.78. The van der Waals surface area contributed by atoms with Crippen LogP contribution < -0.4 is 10.6 Å². The Morgan fingerprint density at radius 2 is 1.42 bits per heavy atom. The number of H-pyrrole nitrogens is 2. The summed E-state index contributed by atoms with van der Waals surface area (Å²) in [5.74, 6) is 2.31. The second-order valence-electron chi connectivity index (χ2n) is 15.4. The number of imidazole rings is 2. The van der Waals surface area contributed by atoms with E-state index in [1.807, 2.05) is 31.1 Å². The topological polar surface area (TPSA) is 171 Å². The Labute approximate surface area is 320 Å². The first-order chi connectivity index (χ1) is 26.8. The summed E-state index contributed by atoms with van der Waals surface area (Å²) in [6.45, 7) is 4.84. The largest absolute Gasteiger partial charge is 0.453 e. The molecule has 284 valence electrons. The fourth-order valence-electron chi connectivity index (χ4n) is 8.97. The number of likely N-dealkylation sites (tertiary alicyclic amines) is 1. The van der Waals surface area contributed by atoms with Crippen LogP contribution in [0.3, 0.4) is 0 Å². The summed E-state index contributed by atoms with van der Waals surface area (Å²) in [6, 6.07) is 15.9. The molecule has 5 aromatic rings. The molecule has 3 aromatic heterocycles. The average molecular weight is 742 g/mol. The summed E-state index contributed by atoms with van der Waals surface area (Å²) >= 11 is 0. The van der Waals surface area contributed by atoms with E-state index in [1.54, 1.807) is 12.4 Å². The Hall–Kier alpha value is -5.85. The third-order valence-corrected chi connectivity index (χ3v) is 11.8. The number of ether oxygens (including phenoxy) is 1. The third kappa shape index (κ3) is 7.35. The van der Waals surface area contributed by atoms with Crippen molar-refractivity contribution in [1.82, 2.24) is 45.4 Å². The van der Waals surface area contributed by atoms with Crippen molar-refractivity contribution in [3.05, 3.63) is 96.9 Å². The minimum absolute atomic E-state index is 0.0791. The number of aromatic amines is 2. The monoisotopic (exact) mass is 741 g/mol. The molecular formula is C42H47N9O4. The van der Waals surface area contributed by atoms with E-state index in [4.69, 9.17) is 9.72 Å². The minimum Gasteiger partial charge on any atom is -0.453 e. The maximum absolute atomic E-state index is 13.5. The number of alkyl carbamates (subject to hydrolysis) is 1. The molecule has 1 aliphatic heterocycles. The van der Waals surface area contributed by atoms with Crippen LogP contribution in [-0.2, 0) is 20.9 Å². The van der Waals surface area contributed by atoms with Gasteiger partial charge in [0.2, 0.25) is 11.8 Å². The smallest absolute Gasteiger partial charge is 0.407 e. The standard InChI is InChI=1S/C42H47N9O4/c1-24(2)37(50-42(54)55-3)41(53)51-16-4-5-34(51)38-45-21-32(48-38)28-10-6-26(7-11-28)27-8-12-29(13-9-27)33-22-46-39(49-33)35-30-14-15-31(17-30)36(35)40(52)47-20-25-18-43-23-44-19-25/h6-13,18-19,21-24,30-31,34-37H,4-5,14-17,20H2,1-3H3,(H,45,48)(H,46,49)(H,47,52)(H,50,54)/t30?,31?,34-,35?,36-,37-/m0/s1. The number of fused-ring (bicyclic) bond motifs is 2. The Morgan fingerprint density at radius 3 is 2.05 bits per heavy atom. The van der Waals surface area contributed by atoms with E-state index in [0.29, 0.717) is 24.9 Å². The highest BCUT2D eigenvalue weighted by Crippen LogP contribution is 2.56. The Kier molecular flexibility index (Phi) is 10.2. The molecule has 1 saturated heterocycles. The molecule has 0 spiro atoms. The zero-order valence-corrected chi connectivity index (χ0v) is 31.4. The van der Waals surface area contributed by atoms with Crippen LogP contribution in [0.1, 0.15) is 75.1 Å². The molecule has 2 aliphatic carbocycles. The fourth-order valence-corrected chi connectivity index (χ4v) is 8.97. The van der Waals surface area contributed by atoms with Crippen molar-refractivity contribution in [3.63, 3.8) is 0 Å². The van der Waals surface area contributed by atoms with E-state index in [-0.39, 0.29) is 35.6 Å². The lowest BCUT2D eigenvalue weighted by Gasteiger charge is -2.30. The van der Waals surface area contributed by atoms with Crippen molar-refractivity contribution in [2.75, 3.05) is 13.7 Å². The van der Waals surface area contributed by atoms with Crippen LogP contribution in [-0.4, -0.2) is 72.4 Å². The average Bonchev–Trinajstić information content (AvgIpc) is 4.07. The Bertz CT molecular complexity index is 2130. The highest BCUT2D eigenvalue weighted by Gasteiger charge is 2.52. The number of benzene rings is 2. The van der Waals surface area contributed by atoms with Gasteiger partial charge in [-0.25, -0.2) is 24.7 Å². The molecule has 3 unspecified atom stereocenters. The molecule has 8 rings (SSSR count). The van der Waals surface area contributed by atoms with Crippen LogP contribution in [0.4, 0.5) is 4.79 Å². The number of hydrogen-bond donors (Lipinski definition) is 4. The summed E-state index contributed by atoms with van der Waals surface area (Å²) in [4.78, 5) is 65.5. The number of carbonyl (C=O) groups excluding carboxylic acids is 3. The van der Waals surface area contributed by atoms with Gasteiger partial charge in [-0.3, -0.25) is 9.59 Å². The highest BCUT2D eigenvalue weighted by atomic mass is 16.5. The van der Waals surface area contributed by atoms with Crippen molar-refractivity contribution in [2.45, 2.75) is 70.5 Å². The molecule has 13 heteroatoms. The van der Waals surface area contributed by atoms with E-state index in [2.05, 4.69) is 84.1 Å². The van der Waals surface area contributed by atoms with Crippen LogP contribution >= 0.6 is 0 Å². The maximum Gasteiger partial charge on any atom is 0.407 e. The Balaban J connectivity index is 0.918. The van der Waals surface area contributed by atoms with Gasteiger partial charge < -0.3 is 30.2 Å². The molecule has 6 atom stereocenters. The van der Waals surface area contributed by atoms with Gasteiger partial charge in [-0.1, -0.05) is 62.4 Å². The molecule has 13 nitrogen and oxygen atoms in total. The van der Waals surface area contributed by atoms with Crippen LogP contribution in [0.2, 0.25) is 0 Å². The van der Waals surface area contributed by atoms with Gasteiger partial charge in [-0.2, -0.15) is 0 Å². The SMILES string of the molecule is COC(=O)N[C@H](C(=O)N1CCC[C@H]1c1ncc(-c2ccc(-c3ccc(-c4cnc(C5C6CCC(C6)[C@@H]5C(=O)NCc5cncnc5)[nH]4)cc3)cc2)[nH]1)C(C)C. The first-order valence-corrected chi connectivity index (χ1v) is 19.2. The van der Waals surface area contributed by atoms with Gasteiger partial charge in [0, 0.05) is 37.0 Å². The third-order valence-electron chi connectivity index (χ3n) is 11.8. The highest BCUT2D eigenvalue weighted by molar-refractivity contribution is 5.86. The molecule has 0 radical (unpaired) electrons. The van der Waals surface area contributed by atoms with Gasteiger partial charge in [0.25, 0.3) is 0 Å². The zero-order valence-electron chi connectivity index (χ0n) is 31.4. The lowest BCUT2D eigenvalue weighted by Crippen LogP contribution is -2.51. The predicted molar refractivity (Wildman–Crippen MR) is 206 cm³/mol. The molecular weight excluding hydrogens is 695 g/mol. The first kappa shape index (κ1) is 36.1. The van der Waals surface area contributed by atoms with Gasteiger partial charge in [-0.15, -0.1) is 0 Å². The van der Waals surface area contributed by atoms with E-state index in [9.17, 15) is 14.4 Å². The minimum atomic E-state index is -0.678. The van der Waals surface area contributed by atoms with Gasteiger partial charge >= 0.3 is 6.09 Å². The quantitative estimate of drug-likeness (QED) is 0.120. The van der Waals surface area contributed by atoms with Gasteiger partial charge in [0.05, 0.1) is 42.9 Å². The Morgan fingerprint density at radius 1 is 0.818 bits per heavy atom. The van der Waals surface area contributed by atoms with Crippen molar-refractivity contribution in [2.24, 2.45) is 23.7 Å². The molecule has 2 saturated carbocycles. The van der Waals surface area contributed by atoms with E-state index >= 15 is 0 Å². The number of hydrogen-bond acceptors (Lipinski definition) is 8. The summed E-state index contributed by atoms with van der Waals surface area (Å²) in [5.41, 5.74) is 6.92. The second-order valence-corrected chi connectivity index (χ2v) is 15.4. The first-order valence-electron chi connectivity index (χ1n) is 19.2. The number of aromatic nitrogens is 6. The van der Waals surface area contributed by atoms with Crippen molar-refractivity contribution >= 4 is 17.9 Å². The maximum atomic E-state index is 13.5. The molecule has 2 aromatic carbocycles. The number of nitrogens with zero attached hydrogens (tertiary/aromatic N) is 5. The molecule has 4 N–H and O–H groups in total. The zero-order chi connectivity index (χ0) is 38.1. The van der Waals surface area contributed by atoms with E-state index in [1.165, 1.54) is 13.4 Å². The van der Waals surface area contributed by atoms with Crippen molar-refractivity contribution in [1.29, 1.82) is 0 Å². The number of nitrogens with one attached hydrogen (secondary N) is 4. The van der Waals surface area contributed by atoms with E-state index < -0.39 is 12.1 Å². The molecule has 55 heavy (non-hydrogen) atoms. The molecule has 4 heterocycles. The van der Waals surface area contributed by atoms with Crippen molar-refractivity contribution in [3.8, 4) is 33.6 Å². The van der Waals surface area contributed by atoms with Crippen LogP contribution in [0, 0.1) is 23.7 Å². The van der Waals surface area contributed by atoms with Gasteiger partial charge in [-0.05, 0) is 72.1 Å². The summed E-state index contributed by atoms with van der Waals surface area (Å²) in [6.07, 6.45) is 13.0. The van der Waals surface area contributed by atoms with Crippen LogP contribution in [0.5, 0.6) is 0 Å². The molecule has 3 fully saturated rings. The van der Waals surface area contributed by atoms with Crippen LogP contribution in [0.25, 0.3) is 33.6 Å². The molecule has 3 amide bonds. The molecule has 3 aliphatic rings. The van der Waals surface area contributed by atoms with Gasteiger partial charge in [0.1, 0.15) is 24.0 Å². The lowest BCUT2D eigenvalue weighted by molar-refractivity contribution is -0.135. The number of rotatable bonds is 11. The number of amides is 3. The fraction of sp³-hybridized carbons (Fsp3) is 0.405. The summed E-state index contributed by atoms with van der Waals surface area (Å²) in [7, 11) is 1.30. The normalized spacial score (nSPS) is 22.2. The second kappa shape index (κ2) is 15.5. The van der Waals surface area contributed by atoms with Gasteiger partial charge in [0.15, 0.2) is 0 Å². The predicted octanol–water partition coefficient (Wildman–Crippen LogP) is 6.41. The summed E-state index contributed by atoms with van der Waals surface area (Å²) in [5, 5.41) is 5.84. The summed E-state index contributed by atoms with van der Waals surface area (Å²) < 4.78 is 4.76. The number of methoxy groups -OCH3 is 1.